The van der Waals surface area contributed by atoms with Crippen LogP contribution in [0.15, 0.2) is 20.0 Å². The molecule has 5 nitrogen and oxygen atoms in total. The van der Waals surface area contributed by atoms with Crippen molar-refractivity contribution in [2.45, 2.75) is 68.5 Å². The first-order chi connectivity index (χ1) is 10.0. The van der Waals surface area contributed by atoms with Gasteiger partial charge in [-0.2, -0.15) is 0 Å². The summed E-state index contributed by atoms with van der Waals surface area (Å²) >= 11 is 3.23. The van der Waals surface area contributed by atoms with Crippen molar-refractivity contribution in [3.63, 3.8) is 0 Å². The summed E-state index contributed by atoms with van der Waals surface area (Å²) in [5, 5.41) is 3.32. The third-order valence-corrected chi connectivity index (χ3v) is 6.44. The van der Waals surface area contributed by atoms with E-state index in [-0.39, 0.29) is 10.9 Å². The molecule has 0 saturated heterocycles. The molecule has 0 radical (unpaired) electrons. The molecule has 0 atom stereocenters. The zero-order valence-electron chi connectivity index (χ0n) is 11.9. The van der Waals surface area contributed by atoms with Crippen LogP contribution < -0.4 is 10.0 Å². The van der Waals surface area contributed by atoms with Crippen LogP contribution in [0.1, 0.15) is 50.7 Å². The van der Waals surface area contributed by atoms with Gasteiger partial charge in [0.05, 0.1) is 6.54 Å². The van der Waals surface area contributed by atoms with Gasteiger partial charge < -0.3 is 9.73 Å². The quantitative estimate of drug-likeness (QED) is 0.800. The van der Waals surface area contributed by atoms with Gasteiger partial charge in [0.1, 0.15) is 10.7 Å². The summed E-state index contributed by atoms with van der Waals surface area (Å²) in [6, 6.07) is 2.23. The Kier molecular flexibility index (Phi) is 4.73. The van der Waals surface area contributed by atoms with E-state index < -0.39 is 10.0 Å². The van der Waals surface area contributed by atoms with Crippen molar-refractivity contribution in [2.75, 3.05) is 0 Å². The van der Waals surface area contributed by atoms with Gasteiger partial charge in [0, 0.05) is 18.2 Å². The number of furan rings is 1. The second-order valence-corrected chi connectivity index (χ2v) is 8.36. The SMILES string of the molecule is O=S(=O)(NC1CCCCC1)c1cc(CNC2CC2)oc1Br. The van der Waals surface area contributed by atoms with Crippen LogP contribution >= 0.6 is 15.9 Å². The van der Waals surface area contributed by atoms with Gasteiger partial charge in [-0.1, -0.05) is 19.3 Å². The lowest BCUT2D eigenvalue weighted by atomic mass is 9.96. The van der Waals surface area contributed by atoms with Crippen LogP contribution in [0.4, 0.5) is 0 Å². The molecule has 2 fully saturated rings. The Bertz CT molecular complexity index is 589. The average Bonchev–Trinajstić information content (AvgIpc) is 3.19. The van der Waals surface area contributed by atoms with E-state index in [1.807, 2.05) is 0 Å². The van der Waals surface area contributed by atoms with E-state index in [2.05, 4.69) is 26.0 Å². The fourth-order valence-electron chi connectivity index (χ4n) is 2.70. The maximum absolute atomic E-state index is 12.5. The predicted molar refractivity (Wildman–Crippen MR) is 83.5 cm³/mol. The van der Waals surface area contributed by atoms with E-state index in [4.69, 9.17) is 4.42 Å². The van der Waals surface area contributed by atoms with Crippen molar-refractivity contribution in [2.24, 2.45) is 0 Å². The number of rotatable bonds is 6. The molecule has 2 saturated carbocycles. The molecule has 0 aromatic carbocycles. The number of hydrogen-bond acceptors (Lipinski definition) is 4. The molecular formula is C14H21BrN2O3S. The maximum Gasteiger partial charge on any atom is 0.245 e. The summed E-state index contributed by atoms with van der Waals surface area (Å²) in [5.41, 5.74) is 0. The van der Waals surface area contributed by atoms with Crippen LogP contribution in [0, 0.1) is 0 Å². The van der Waals surface area contributed by atoms with Gasteiger partial charge in [-0.05, 0) is 41.6 Å². The van der Waals surface area contributed by atoms with E-state index >= 15 is 0 Å². The first kappa shape index (κ1) is 15.5. The molecule has 1 aromatic rings. The Balaban J connectivity index is 1.68. The number of hydrogen-bond donors (Lipinski definition) is 2. The van der Waals surface area contributed by atoms with Crippen LogP contribution in [0.25, 0.3) is 0 Å². The molecule has 0 aliphatic heterocycles. The predicted octanol–water partition coefficient (Wildman–Crippen LogP) is 2.91. The van der Waals surface area contributed by atoms with Gasteiger partial charge in [-0.3, -0.25) is 0 Å². The molecule has 1 aromatic heterocycles. The van der Waals surface area contributed by atoms with Crippen molar-refractivity contribution in [1.29, 1.82) is 0 Å². The van der Waals surface area contributed by atoms with Crippen molar-refractivity contribution in [3.05, 3.63) is 16.5 Å². The minimum atomic E-state index is -3.51. The summed E-state index contributed by atoms with van der Waals surface area (Å²) in [4.78, 5) is 0.209. The van der Waals surface area contributed by atoms with Gasteiger partial charge in [0.15, 0.2) is 4.67 Å². The fraction of sp³-hybridized carbons (Fsp3) is 0.714. The molecule has 0 bridgehead atoms. The molecule has 0 spiro atoms. The average molecular weight is 377 g/mol. The second kappa shape index (κ2) is 6.40. The van der Waals surface area contributed by atoms with Gasteiger partial charge in [-0.25, -0.2) is 13.1 Å². The highest BCUT2D eigenvalue weighted by Crippen LogP contribution is 2.28. The first-order valence-corrected chi connectivity index (χ1v) is 9.86. The molecule has 2 aliphatic carbocycles. The standard InChI is InChI=1S/C14H21BrN2O3S/c15-14-13(8-12(20-14)9-16-10-6-7-10)21(18,19)17-11-4-2-1-3-5-11/h8,10-11,16-17H,1-7,9H2. The summed E-state index contributed by atoms with van der Waals surface area (Å²) in [7, 11) is -3.51. The van der Waals surface area contributed by atoms with Crippen LogP contribution in [-0.4, -0.2) is 20.5 Å². The highest BCUT2D eigenvalue weighted by atomic mass is 79.9. The van der Waals surface area contributed by atoms with Crippen molar-refractivity contribution >= 4 is 26.0 Å². The molecule has 7 heteroatoms. The molecule has 1 heterocycles. The molecular weight excluding hydrogens is 356 g/mol. The van der Waals surface area contributed by atoms with E-state index in [1.54, 1.807) is 6.07 Å². The Hall–Kier alpha value is -0.370. The lowest BCUT2D eigenvalue weighted by Gasteiger charge is -2.22. The van der Waals surface area contributed by atoms with Crippen LogP contribution in [0.5, 0.6) is 0 Å². The van der Waals surface area contributed by atoms with Crippen LogP contribution in [0.2, 0.25) is 0 Å². The monoisotopic (exact) mass is 376 g/mol. The van der Waals surface area contributed by atoms with E-state index in [0.29, 0.717) is 23.0 Å². The molecule has 2 N–H and O–H groups in total. The van der Waals surface area contributed by atoms with Gasteiger partial charge in [0.2, 0.25) is 10.0 Å². The topological polar surface area (TPSA) is 71.3 Å². The van der Waals surface area contributed by atoms with Gasteiger partial charge >= 0.3 is 0 Å². The normalized spacial score (nSPS) is 20.8. The van der Waals surface area contributed by atoms with E-state index in [9.17, 15) is 8.42 Å². The highest BCUT2D eigenvalue weighted by Gasteiger charge is 2.27. The summed E-state index contributed by atoms with van der Waals surface area (Å²) in [5.74, 6) is 0.651. The highest BCUT2D eigenvalue weighted by molar-refractivity contribution is 9.10. The molecule has 0 amide bonds. The fourth-order valence-corrected chi connectivity index (χ4v) is 5.01. The van der Waals surface area contributed by atoms with E-state index in [0.717, 1.165) is 25.7 Å². The Morgan fingerprint density at radius 3 is 2.52 bits per heavy atom. The van der Waals surface area contributed by atoms with E-state index in [1.165, 1.54) is 19.3 Å². The van der Waals surface area contributed by atoms with Gasteiger partial charge in [0.25, 0.3) is 0 Å². The molecule has 2 aliphatic rings. The Labute approximate surface area is 134 Å². The molecule has 3 rings (SSSR count). The number of halogens is 1. The van der Waals surface area contributed by atoms with Crippen molar-refractivity contribution < 1.29 is 12.8 Å². The number of sulfonamides is 1. The zero-order chi connectivity index (χ0) is 14.9. The maximum atomic E-state index is 12.5. The smallest absolute Gasteiger partial charge is 0.245 e. The van der Waals surface area contributed by atoms with Crippen LogP contribution in [0.3, 0.4) is 0 Å². The van der Waals surface area contributed by atoms with Crippen molar-refractivity contribution in [3.8, 4) is 0 Å². The summed E-state index contributed by atoms with van der Waals surface area (Å²) < 4.78 is 33.5. The molecule has 118 valence electrons. The summed E-state index contributed by atoms with van der Waals surface area (Å²) in [6.45, 7) is 0.572. The third kappa shape index (κ3) is 4.09. The zero-order valence-corrected chi connectivity index (χ0v) is 14.3. The summed E-state index contributed by atoms with van der Waals surface area (Å²) in [6.07, 6.45) is 7.61. The minimum Gasteiger partial charge on any atom is -0.452 e. The van der Waals surface area contributed by atoms with Crippen LogP contribution in [-0.2, 0) is 16.6 Å². The Morgan fingerprint density at radius 1 is 1.14 bits per heavy atom. The lowest BCUT2D eigenvalue weighted by molar-refractivity contribution is 0.411. The largest absolute Gasteiger partial charge is 0.452 e. The third-order valence-electron chi connectivity index (χ3n) is 4.07. The Morgan fingerprint density at radius 2 is 1.86 bits per heavy atom. The minimum absolute atomic E-state index is 0.0542. The lowest BCUT2D eigenvalue weighted by Crippen LogP contribution is -2.36. The molecule has 21 heavy (non-hydrogen) atoms. The first-order valence-electron chi connectivity index (χ1n) is 7.58. The molecule has 0 unspecified atom stereocenters. The second-order valence-electron chi connectivity index (χ2n) is 5.96. The number of nitrogens with one attached hydrogen (secondary N) is 2. The van der Waals surface area contributed by atoms with Crippen molar-refractivity contribution in [1.82, 2.24) is 10.0 Å². The van der Waals surface area contributed by atoms with Gasteiger partial charge in [-0.15, -0.1) is 0 Å².